The van der Waals surface area contributed by atoms with Crippen LogP contribution in [0.4, 0.5) is 0 Å². The van der Waals surface area contributed by atoms with Crippen LogP contribution in [0.3, 0.4) is 0 Å². The van der Waals surface area contributed by atoms with Gasteiger partial charge in [0.15, 0.2) is 5.25 Å². The molecule has 0 bridgehead atoms. The fraction of sp³-hybridized carbons (Fsp3) is 0.231. The Morgan fingerprint density at radius 1 is 1.29 bits per heavy atom. The molecule has 0 saturated heterocycles. The molecule has 1 N–H and O–H groups in total. The fourth-order valence-electron chi connectivity index (χ4n) is 1.36. The largest absolute Gasteiger partial charge is 0.460 e. The number of hydrogen-bond acceptors (Lipinski definition) is 6. The molecule has 0 saturated carbocycles. The van der Waals surface area contributed by atoms with E-state index in [1.807, 2.05) is 0 Å². The van der Waals surface area contributed by atoms with Crippen LogP contribution in [0.1, 0.15) is 6.42 Å². The zero-order valence-corrected chi connectivity index (χ0v) is 11.8. The maximum Gasteiger partial charge on any atom is 0.327 e. The number of esters is 2. The van der Waals surface area contributed by atoms with Crippen molar-refractivity contribution in [2.24, 2.45) is 0 Å². The number of benzene rings is 1. The molecule has 0 heterocycles. The van der Waals surface area contributed by atoms with Gasteiger partial charge in [0.1, 0.15) is 12.4 Å². The summed E-state index contributed by atoms with van der Waals surface area (Å²) >= 11 is 0. The van der Waals surface area contributed by atoms with E-state index in [-0.39, 0.29) is 12.4 Å². The van der Waals surface area contributed by atoms with Gasteiger partial charge in [-0.15, -0.1) is 0 Å². The van der Waals surface area contributed by atoms with Gasteiger partial charge in [-0.1, -0.05) is 30.9 Å². The minimum absolute atomic E-state index is 0.191. The van der Waals surface area contributed by atoms with Gasteiger partial charge in [-0.05, 0) is 12.1 Å². The van der Waals surface area contributed by atoms with Crippen molar-refractivity contribution in [3.63, 3.8) is 0 Å². The molecule has 1 aromatic rings. The third-order valence-corrected chi connectivity index (χ3v) is 3.37. The Morgan fingerprint density at radius 2 is 1.90 bits per heavy atom. The summed E-state index contributed by atoms with van der Waals surface area (Å²) in [6.45, 7) is 3.05. The maximum atomic E-state index is 11.6. The fourth-order valence-corrected chi connectivity index (χ4v) is 2.02. The van der Waals surface area contributed by atoms with E-state index in [1.54, 1.807) is 18.2 Å². The lowest BCUT2D eigenvalue weighted by Gasteiger charge is -2.12. The standard InChI is InChI=1S/C13H14O7S/c1-2-8-19-13(15)11(21(16,17)18)9-12(14)20-10-6-4-3-5-7-10/h2-7,11H,1,8-9H2,(H,16,17,18). The van der Waals surface area contributed by atoms with Gasteiger partial charge in [0.05, 0.1) is 6.42 Å². The molecule has 0 amide bonds. The first-order chi connectivity index (χ1) is 9.84. The summed E-state index contributed by atoms with van der Waals surface area (Å²) in [5.74, 6) is -2.04. The molecule has 114 valence electrons. The predicted octanol–water partition coefficient (Wildman–Crippen LogP) is 0.968. The van der Waals surface area contributed by atoms with Gasteiger partial charge >= 0.3 is 11.9 Å². The Morgan fingerprint density at radius 3 is 2.43 bits per heavy atom. The number of hydrogen-bond donors (Lipinski definition) is 1. The number of para-hydroxylation sites is 1. The smallest absolute Gasteiger partial charge is 0.327 e. The molecule has 0 aromatic heterocycles. The predicted molar refractivity (Wildman–Crippen MR) is 73.2 cm³/mol. The van der Waals surface area contributed by atoms with Crippen LogP contribution in [0.5, 0.6) is 5.75 Å². The SMILES string of the molecule is C=CCOC(=O)C(CC(=O)Oc1ccccc1)S(=O)(=O)O. The van der Waals surface area contributed by atoms with E-state index in [4.69, 9.17) is 9.29 Å². The molecule has 0 fully saturated rings. The molecule has 1 unspecified atom stereocenters. The molecule has 0 aliphatic rings. The van der Waals surface area contributed by atoms with Crippen molar-refractivity contribution in [2.45, 2.75) is 11.7 Å². The topological polar surface area (TPSA) is 107 Å². The summed E-state index contributed by atoms with van der Waals surface area (Å²) in [5.41, 5.74) is 0. The van der Waals surface area contributed by atoms with E-state index in [0.717, 1.165) is 0 Å². The van der Waals surface area contributed by atoms with Crippen LogP contribution in [-0.2, 0) is 24.4 Å². The second-order valence-corrected chi connectivity index (χ2v) is 5.51. The molecular weight excluding hydrogens is 300 g/mol. The summed E-state index contributed by atoms with van der Waals surface area (Å²) in [6, 6.07) is 7.89. The number of carbonyl (C=O) groups excluding carboxylic acids is 2. The molecule has 8 heteroatoms. The first-order valence-corrected chi connectivity index (χ1v) is 7.34. The van der Waals surface area contributed by atoms with Gasteiger partial charge in [0.2, 0.25) is 0 Å². The molecule has 0 spiro atoms. The molecule has 1 atom stereocenters. The van der Waals surface area contributed by atoms with Crippen LogP contribution >= 0.6 is 0 Å². The first-order valence-electron chi connectivity index (χ1n) is 5.84. The van der Waals surface area contributed by atoms with Gasteiger partial charge in [0, 0.05) is 0 Å². The van der Waals surface area contributed by atoms with Gasteiger partial charge in [0.25, 0.3) is 10.1 Å². The van der Waals surface area contributed by atoms with Gasteiger partial charge in [-0.25, -0.2) is 0 Å². The molecule has 1 aromatic carbocycles. The van der Waals surface area contributed by atoms with Crippen molar-refractivity contribution < 1.29 is 32.0 Å². The van der Waals surface area contributed by atoms with E-state index in [9.17, 15) is 18.0 Å². The third-order valence-electron chi connectivity index (χ3n) is 2.29. The van der Waals surface area contributed by atoms with Crippen molar-refractivity contribution in [1.82, 2.24) is 0 Å². The molecular formula is C13H14O7S. The number of rotatable bonds is 7. The van der Waals surface area contributed by atoms with E-state index in [0.29, 0.717) is 0 Å². The van der Waals surface area contributed by atoms with Crippen molar-refractivity contribution in [3.05, 3.63) is 43.0 Å². The Bertz CT molecular complexity index is 607. The van der Waals surface area contributed by atoms with Crippen LogP contribution < -0.4 is 4.74 Å². The van der Waals surface area contributed by atoms with E-state index in [1.165, 1.54) is 18.2 Å². The molecule has 7 nitrogen and oxygen atoms in total. The van der Waals surface area contributed by atoms with Gasteiger partial charge in [-0.3, -0.25) is 14.1 Å². The van der Waals surface area contributed by atoms with E-state index < -0.39 is 33.7 Å². The van der Waals surface area contributed by atoms with Crippen molar-refractivity contribution in [2.75, 3.05) is 6.61 Å². The minimum Gasteiger partial charge on any atom is -0.460 e. The van der Waals surface area contributed by atoms with Gasteiger partial charge in [-0.2, -0.15) is 8.42 Å². The maximum absolute atomic E-state index is 11.6. The van der Waals surface area contributed by atoms with Crippen molar-refractivity contribution in [3.8, 4) is 5.75 Å². The van der Waals surface area contributed by atoms with Crippen LogP contribution in [-0.4, -0.2) is 36.8 Å². The van der Waals surface area contributed by atoms with Crippen LogP contribution in [0.2, 0.25) is 0 Å². The highest BCUT2D eigenvalue weighted by molar-refractivity contribution is 7.87. The zero-order chi connectivity index (χ0) is 15.9. The summed E-state index contributed by atoms with van der Waals surface area (Å²) in [6.07, 6.45) is 0.366. The normalized spacial score (nSPS) is 12.2. The van der Waals surface area contributed by atoms with E-state index in [2.05, 4.69) is 11.3 Å². The summed E-state index contributed by atoms with van der Waals surface area (Å²) in [5, 5.41) is -2.03. The van der Waals surface area contributed by atoms with Crippen LogP contribution in [0, 0.1) is 0 Å². The Balaban J connectivity index is 2.75. The monoisotopic (exact) mass is 314 g/mol. The highest BCUT2D eigenvalue weighted by atomic mass is 32.2. The van der Waals surface area contributed by atoms with E-state index >= 15 is 0 Å². The van der Waals surface area contributed by atoms with Gasteiger partial charge < -0.3 is 9.47 Å². The molecule has 0 radical (unpaired) electrons. The highest BCUT2D eigenvalue weighted by Gasteiger charge is 2.35. The zero-order valence-electron chi connectivity index (χ0n) is 11.0. The van der Waals surface area contributed by atoms with Crippen molar-refractivity contribution in [1.29, 1.82) is 0 Å². The Kier molecular flexibility index (Phi) is 6.07. The molecule has 0 aliphatic carbocycles. The first kappa shape index (κ1) is 16.9. The summed E-state index contributed by atoms with van der Waals surface area (Å²) < 4.78 is 40.7. The lowest BCUT2D eigenvalue weighted by atomic mass is 10.3. The summed E-state index contributed by atoms with van der Waals surface area (Å²) in [4.78, 5) is 23.1. The average molecular weight is 314 g/mol. The van der Waals surface area contributed by atoms with Crippen molar-refractivity contribution >= 4 is 22.1 Å². The quantitative estimate of drug-likeness (QED) is 0.346. The third kappa shape index (κ3) is 5.76. The number of ether oxygens (including phenoxy) is 2. The summed E-state index contributed by atoms with van der Waals surface area (Å²) in [7, 11) is -4.79. The second-order valence-electron chi connectivity index (χ2n) is 3.91. The van der Waals surface area contributed by atoms with Crippen LogP contribution in [0.25, 0.3) is 0 Å². The Labute approximate surface area is 121 Å². The molecule has 1 rings (SSSR count). The lowest BCUT2D eigenvalue weighted by Crippen LogP contribution is -2.35. The Hall–Kier alpha value is -2.19. The average Bonchev–Trinajstić information content (AvgIpc) is 2.42. The second kappa shape index (κ2) is 7.55. The molecule has 0 aliphatic heterocycles. The van der Waals surface area contributed by atoms with Crippen LogP contribution in [0.15, 0.2) is 43.0 Å². The number of carbonyl (C=O) groups is 2. The minimum atomic E-state index is -4.79. The highest BCUT2D eigenvalue weighted by Crippen LogP contribution is 2.13. The molecule has 21 heavy (non-hydrogen) atoms. The lowest BCUT2D eigenvalue weighted by molar-refractivity contribution is -0.145.